The van der Waals surface area contributed by atoms with E-state index in [1.165, 1.54) is 16.9 Å². The van der Waals surface area contributed by atoms with Gasteiger partial charge in [0, 0.05) is 10.9 Å². The lowest BCUT2D eigenvalue weighted by atomic mass is 10.0. The van der Waals surface area contributed by atoms with E-state index >= 15 is 0 Å². The molecule has 92 valence electrons. The molecule has 0 bridgehead atoms. The quantitative estimate of drug-likeness (QED) is 0.900. The summed E-state index contributed by atoms with van der Waals surface area (Å²) in [7, 11) is 0. The number of aryl methyl sites for hydroxylation is 1. The molecule has 1 aliphatic heterocycles. The van der Waals surface area contributed by atoms with E-state index in [4.69, 9.17) is 10.5 Å². The lowest BCUT2D eigenvalue weighted by Crippen LogP contribution is -2.11. The number of carbonyl (C=O) groups excluding carboxylic acids is 1. The minimum atomic E-state index is -0.487. The lowest BCUT2D eigenvalue weighted by molar-refractivity contribution is 0.0996. The van der Waals surface area contributed by atoms with Crippen molar-refractivity contribution in [2.45, 2.75) is 12.8 Å². The highest BCUT2D eigenvalue weighted by atomic mass is 32.1. The van der Waals surface area contributed by atoms with Crippen molar-refractivity contribution < 1.29 is 9.53 Å². The molecule has 0 saturated heterocycles. The number of rotatable bonds is 2. The Bertz CT molecular complexity index is 607. The molecule has 1 aromatic carbocycles. The van der Waals surface area contributed by atoms with Gasteiger partial charge in [0.15, 0.2) is 0 Å². The fraction of sp³-hybridized carbons (Fsp3) is 0.231. The van der Waals surface area contributed by atoms with Crippen LogP contribution in [-0.2, 0) is 6.42 Å². The normalized spacial score (nSPS) is 13.8. The molecule has 4 nitrogen and oxygen atoms in total. The fourth-order valence-corrected chi connectivity index (χ4v) is 2.82. The summed E-state index contributed by atoms with van der Waals surface area (Å²) in [6.45, 7) is 0.787. The highest BCUT2D eigenvalue weighted by Gasteiger charge is 2.13. The molecule has 5 heteroatoms. The molecule has 1 amide bonds. The zero-order valence-electron chi connectivity index (χ0n) is 9.68. The molecular formula is C13H12N2O2S. The summed E-state index contributed by atoms with van der Waals surface area (Å²) >= 11 is 1.43. The first kappa shape index (κ1) is 11.2. The smallest absolute Gasteiger partial charge is 0.268 e. The molecule has 0 radical (unpaired) electrons. The molecule has 0 aliphatic carbocycles. The number of ether oxygens (including phenoxy) is 1. The third-order valence-electron chi connectivity index (χ3n) is 2.91. The highest BCUT2D eigenvalue weighted by molar-refractivity contribution is 7.13. The van der Waals surface area contributed by atoms with E-state index < -0.39 is 5.91 Å². The maximum atomic E-state index is 11.0. The number of fused-ring (bicyclic) bond motifs is 1. The van der Waals surface area contributed by atoms with Gasteiger partial charge in [0.2, 0.25) is 0 Å². The van der Waals surface area contributed by atoms with Crippen LogP contribution in [0.2, 0.25) is 0 Å². The van der Waals surface area contributed by atoms with Gasteiger partial charge in [-0.05, 0) is 36.6 Å². The highest BCUT2D eigenvalue weighted by Crippen LogP contribution is 2.31. The molecule has 0 atom stereocenters. The van der Waals surface area contributed by atoms with Crippen molar-refractivity contribution in [2.24, 2.45) is 5.73 Å². The number of thiazole rings is 1. The lowest BCUT2D eigenvalue weighted by Gasteiger charge is -2.17. The third-order valence-corrected chi connectivity index (χ3v) is 3.80. The summed E-state index contributed by atoms with van der Waals surface area (Å²) in [5, 5.41) is 2.50. The van der Waals surface area contributed by atoms with Crippen LogP contribution in [0.5, 0.6) is 5.75 Å². The largest absolute Gasteiger partial charge is 0.493 e. The van der Waals surface area contributed by atoms with Gasteiger partial charge in [0.1, 0.15) is 16.5 Å². The number of carbonyl (C=O) groups is 1. The van der Waals surface area contributed by atoms with Crippen LogP contribution in [0.4, 0.5) is 0 Å². The van der Waals surface area contributed by atoms with Gasteiger partial charge in [-0.1, -0.05) is 0 Å². The molecule has 1 aliphatic rings. The zero-order valence-corrected chi connectivity index (χ0v) is 10.5. The van der Waals surface area contributed by atoms with Crippen molar-refractivity contribution in [1.29, 1.82) is 0 Å². The van der Waals surface area contributed by atoms with Crippen LogP contribution < -0.4 is 10.5 Å². The van der Waals surface area contributed by atoms with Crippen molar-refractivity contribution in [2.75, 3.05) is 6.61 Å². The Kier molecular flexibility index (Phi) is 2.76. The molecule has 3 rings (SSSR count). The van der Waals surface area contributed by atoms with Gasteiger partial charge >= 0.3 is 0 Å². The van der Waals surface area contributed by atoms with Crippen LogP contribution in [-0.4, -0.2) is 17.5 Å². The predicted octanol–water partition coefficient (Wildman–Crippen LogP) is 2.23. The Morgan fingerprint density at radius 3 is 3.11 bits per heavy atom. The average molecular weight is 260 g/mol. The van der Waals surface area contributed by atoms with Gasteiger partial charge in [-0.3, -0.25) is 4.79 Å². The van der Waals surface area contributed by atoms with E-state index in [1.54, 1.807) is 5.38 Å². The number of hydrogen-bond acceptors (Lipinski definition) is 4. The molecule has 2 aromatic rings. The number of amides is 1. The molecular weight excluding hydrogens is 248 g/mol. The molecule has 0 fully saturated rings. The molecule has 18 heavy (non-hydrogen) atoms. The first-order valence-electron chi connectivity index (χ1n) is 5.75. The van der Waals surface area contributed by atoms with Gasteiger partial charge < -0.3 is 10.5 Å². The fourth-order valence-electron chi connectivity index (χ4n) is 2.01. The molecule has 2 heterocycles. The summed E-state index contributed by atoms with van der Waals surface area (Å²) in [5.41, 5.74) is 7.74. The van der Waals surface area contributed by atoms with Crippen molar-refractivity contribution in [1.82, 2.24) is 4.98 Å². The molecule has 1 aromatic heterocycles. The third kappa shape index (κ3) is 1.97. The number of primary amides is 1. The van der Waals surface area contributed by atoms with Crippen LogP contribution in [0.15, 0.2) is 23.6 Å². The van der Waals surface area contributed by atoms with Crippen LogP contribution in [0, 0.1) is 0 Å². The average Bonchev–Trinajstić information content (AvgIpc) is 2.88. The maximum absolute atomic E-state index is 11.0. The van der Waals surface area contributed by atoms with Crippen molar-refractivity contribution in [3.05, 3.63) is 34.8 Å². The molecule has 0 unspecified atom stereocenters. The minimum absolute atomic E-state index is 0.323. The minimum Gasteiger partial charge on any atom is -0.493 e. The summed E-state index contributed by atoms with van der Waals surface area (Å²) in [4.78, 5) is 15.3. The monoisotopic (exact) mass is 260 g/mol. The summed E-state index contributed by atoms with van der Waals surface area (Å²) < 4.78 is 5.57. The Morgan fingerprint density at radius 1 is 1.44 bits per heavy atom. The molecule has 2 N–H and O–H groups in total. The van der Waals surface area contributed by atoms with Gasteiger partial charge in [-0.2, -0.15) is 0 Å². The van der Waals surface area contributed by atoms with Crippen LogP contribution in [0.25, 0.3) is 10.6 Å². The van der Waals surface area contributed by atoms with Gasteiger partial charge in [0.25, 0.3) is 5.91 Å². The van der Waals surface area contributed by atoms with E-state index in [1.807, 2.05) is 12.1 Å². The Labute approximate surface area is 108 Å². The second-order valence-corrected chi connectivity index (χ2v) is 5.03. The molecule has 0 spiro atoms. The van der Waals surface area contributed by atoms with Crippen LogP contribution >= 0.6 is 11.3 Å². The van der Waals surface area contributed by atoms with E-state index in [2.05, 4.69) is 11.1 Å². The second kappa shape index (κ2) is 4.42. The zero-order chi connectivity index (χ0) is 12.5. The predicted molar refractivity (Wildman–Crippen MR) is 69.9 cm³/mol. The number of nitrogens with zero attached hydrogens (tertiary/aromatic N) is 1. The maximum Gasteiger partial charge on any atom is 0.268 e. The Morgan fingerprint density at radius 2 is 2.33 bits per heavy atom. The van der Waals surface area contributed by atoms with E-state index in [-0.39, 0.29) is 0 Å². The first-order chi connectivity index (χ1) is 8.74. The number of nitrogens with two attached hydrogens (primary N) is 1. The number of aromatic nitrogens is 1. The van der Waals surface area contributed by atoms with Crippen LogP contribution in [0.1, 0.15) is 22.5 Å². The summed E-state index contributed by atoms with van der Waals surface area (Å²) in [6.07, 6.45) is 2.07. The van der Waals surface area contributed by atoms with Gasteiger partial charge in [0.05, 0.1) is 6.61 Å². The number of benzene rings is 1. The summed E-state index contributed by atoms with van der Waals surface area (Å²) in [5.74, 6) is 0.468. The Hall–Kier alpha value is -1.88. The van der Waals surface area contributed by atoms with Crippen molar-refractivity contribution >= 4 is 17.2 Å². The standard InChI is InChI=1S/C13H12N2O2S/c14-12(16)10-7-18-13(15-10)9-3-4-11-8(6-9)2-1-5-17-11/h3-4,6-7H,1-2,5H2,(H2,14,16). The first-order valence-corrected chi connectivity index (χ1v) is 6.63. The second-order valence-electron chi connectivity index (χ2n) is 4.18. The number of hydrogen-bond donors (Lipinski definition) is 1. The van der Waals surface area contributed by atoms with E-state index in [0.717, 1.165) is 35.8 Å². The topological polar surface area (TPSA) is 65.2 Å². The van der Waals surface area contributed by atoms with Crippen molar-refractivity contribution in [3.8, 4) is 16.3 Å². The van der Waals surface area contributed by atoms with E-state index in [9.17, 15) is 4.79 Å². The SMILES string of the molecule is NC(=O)c1csc(-c2ccc3c(c2)CCCO3)n1. The van der Waals surface area contributed by atoms with Crippen molar-refractivity contribution in [3.63, 3.8) is 0 Å². The van der Waals surface area contributed by atoms with E-state index in [0.29, 0.717) is 5.69 Å². The summed E-state index contributed by atoms with van der Waals surface area (Å²) in [6, 6.07) is 6.01. The van der Waals surface area contributed by atoms with Gasteiger partial charge in [-0.25, -0.2) is 4.98 Å². The Balaban J connectivity index is 1.98. The van der Waals surface area contributed by atoms with Gasteiger partial charge in [-0.15, -0.1) is 11.3 Å². The molecule has 0 saturated carbocycles. The van der Waals surface area contributed by atoms with Crippen LogP contribution in [0.3, 0.4) is 0 Å².